The van der Waals surface area contributed by atoms with Gasteiger partial charge < -0.3 is 9.84 Å². The van der Waals surface area contributed by atoms with Crippen LogP contribution in [0.1, 0.15) is 19.4 Å². The van der Waals surface area contributed by atoms with Crippen LogP contribution >= 0.6 is 0 Å². The maximum absolute atomic E-state index is 12.4. The Kier molecular flexibility index (Phi) is 3.49. The number of rotatable bonds is 4. The van der Waals surface area contributed by atoms with Crippen LogP contribution in [-0.2, 0) is 20.0 Å². The van der Waals surface area contributed by atoms with Gasteiger partial charge in [-0.3, -0.25) is 0 Å². The lowest BCUT2D eigenvalue weighted by molar-refractivity contribution is 0.0415. The molecule has 1 aliphatic rings. The molecule has 1 saturated heterocycles. The third kappa shape index (κ3) is 2.18. The fourth-order valence-electron chi connectivity index (χ4n) is 1.93. The summed E-state index contributed by atoms with van der Waals surface area (Å²) in [6.45, 7) is 4.09. The van der Waals surface area contributed by atoms with Gasteiger partial charge in [0, 0.05) is 5.41 Å². The Morgan fingerprint density at radius 2 is 1.94 bits per heavy atom. The Morgan fingerprint density at radius 1 is 1.33 bits per heavy atom. The van der Waals surface area contributed by atoms with Crippen molar-refractivity contribution < 1.29 is 18.3 Å². The number of hydrogen-bond donors (Lipinski definition) is 1. The summed E-state index contributed by atoms with van der Waals surface area (Å²) in [5.41, 5.74) is 0.0910. The van der Waals surface area contributed by atoms with E-state index in [1.165, 1.54) is 0 Å². The van der Waals surface area contributed by atoms with Crippen LogP contribution in [0, 0.1) is 0 Å². The van der Waals surface area contributed by atoms with Gasteiger partial charge in [0.15, 0.2) is 9.84 Å². The zero-order valence-electron chi connectivity index (χ0n) is 10.6. The second-order valence-electron chi connectivity index (χ2n) is 5.24. The van der Waals surface area contributed by atoms with Crippen LogP contribution in [0.4, 0.5) is 0 Å². The highest BCUT2D eigenvalue weighted by Gasteiger charge is 2.37. The molecule has 5 heteroatoms. The highest BCUT2D eigenvalue weighted by molar-refractivity contribution is 7.92. The lowest BCUT2D eigenvalue weighted by Crippen LogP contribution is -2.41. The van der Waals surface area contributed by atoms with Crippen LogP contribution in [-0.4, -0.2) is 38.6 Å². The van der Waals surface area contributed by atoms with E-state index in [0.29, 0.717) is 10.5 Å². The smallest absolute Gasteiger partial charge is 0.186 e. The molecule has 1 aromatic rings. The van der Waals surface area contributed by atoms with E-state index in [9.17, 15) is 13.5 Å². The molecule has 100 valence electrons. The topological polar surface area (TPSA) is 63.6 Å². The van der Waals surface area contributed by atoms with Gasteiger partial charge in [0.2, 0.25) is 0 Å². The normalized spacial score (nSPS) is 17.5. The zero-order chi connectivity index (χ0) is 13.4. The Morgan fingerprint density at radius 3 is 2.44 bits per heavy atom. The highest BCUT2D eigenvalue weighted by atomic mass is 32.2. The molecule has 0 amide bonds. The van der Waals surface area contributed by atoms with Crippen LogP contribution in [0.15, 0.2) is 29.2 Å². The molecule has 0 saturated carbocycles. The summed E-state index contributed by atoms with van der Waals surface area (Å²) < 4.78 is 29.8. The van der Waals surface area contributed by atoms with Gasteiger partial charge in [0.1, 0.15) is 5.25 Å². The fraction of sp³-hybridized carbons (Fsp3) is 0.538. The zero-order valence-corrected chi connectivity index (χ0v) is 11.4. The van der Waals surface area contributed by atoms with E-state index >= 15 is 0 Å². The first-order valence-electron chi connectivity index (χ1n) is 5.91. The maximum Gasteiger partial charge on any atom is 0.186 e. The van der Waals surface area contributed by atoms with Crippen molar-refractivity contribution in [3.8, 4) is 0 Å². The largest absolute Gasteiger partial charge is 0.395 e. The lowest BCUT2D eigenvalue weighted by atomic mass is 9.86. The summed E-state index contributed by atoms with van der Waals surface area (Å²) in [5.74, 6) is 0. The van der Waals surface area contributed by atoms with E-state index in [1.54, 1.807) is 24.3 Å². The number of ether oxygens (including phenoxy) is 1. The van der Waals surface area contributed by atoms with Crippen LogP contribution in [0.3, 0.4) is 0 Å². The van der Waals surface area contributed by atoms with Gasteiger partial charge in [0.05, 0.1) is 24.7 Å². The number of benzene rings is 1. The van der Waals surface area contributed by atoms with E-state index in [0.717, 1.165) is 0 Å². The maximum atomic E-state index is 12.4. The first kappa shape index (κ1) is 13.5. The number of aliphatic hydroxyl groups excluding tert-OH is 1. The van der Waals surface area contributed by atoms with E-state index in [4.69, 9.17) is 4.74 Å². The minimum Gasteiger partial charge on any atom is -0.395 e. The van der Waals surface area contributed by atoms with Crippen molar-refractivity contribution in [3.63, 3.8) is 0 Å². The second kappa shape index (κ2) is 4.64. The minimum atomic E-state index is -3.36. The lowest BCUT2D eigenvalue weighted by Gasteiger charge is -2.30. The molecule has 1 heterocycles. The Balaban J connectivity index is 2.52. The van der Waals surface area contributed by atoms with E-state index in [-0.39, 0.29) is 19.8 Å². The molecule has 0 spiro atoms. The van der Waals surface area contributed by atoms with Gasteiger partial charge in [-0.05, 0) is 11.6 Å². The van der Waals surface area contributed by atoms with E-state index in [2.05, 4.69) is 0 Å². The molecule has 0 aromatic heterocycles. The molecular formula is C13H18O4S. The molecule has 1 N–H and O–H groups in total. The van der Waals surface area contributed by atoms with Gasteiger partial charge in [0.25, 0.3) is 0 Å². The van der Waals surface area contributed by atoms with Crippen LogP contribution in [0.5, 0.6) is 0 Å². The third-order valence-corrected chi connectivity index (χ3v) is 5.48. The quantitative estimate of drug-likeness (QED) is 0.891. The Hall–Kier alpha value is -0.910. The van der Waals surface area contributed by atoms with Gasteiger partial charge in [-0.2, -0.15) is 0 Å². The fourth-order valence-corrected chi connectivity index (χ4v) is 3.76. The van der Waals surface area contributed by atoms with Crippen molar-refractivity contribution >= 4 is 9.84 Å². The van der Waals surface area contributed by atoms with Crippen LogP contribution in [0.25, 0.3) is 0 Å². The van der Waals surface area contributed by atoms with Crippen LogP contribution in [0.2, 0.25) is 0 Å². The van der Waals surface area contributed by atoms with Crippen LogP contribution < -0.4 is 0 Å². The SMILES string of the molecule is CC(C)(CO)c1ccccc1S(=O)(=O)C1COC1. The average Bonchev–Trinajstić information content (AvgIpc) is 2.26. The summed E-state index contributed by atoms with van der Waals surface area (Å²) in [5, 5.41) is 8.98. The summed E-state index contributed by atoms with van der Waals surface area (Å²) in [7, 11) is -3.36. The first-order chi connectivity index (χ1) is 8.39. The predicted molar refractivity (Wildman–Crippen MR) is 68.3 cm³/mol. The third-order valence-electron chi connectivity index (χ3n) is 3.36. The minimum absolute atomic E-state index is 0.0965. The summed E-state index contributed by atoms with van der Waals surface area (Å²) in [6.07, 6.45) is 0. The molecule has 0 aliphatic carbocycles. The Bertz CT molecular complexity index is 530. The molecule has 0 radical (unpaired) electrons. The van der Waals surface area contributed by atoms with E-state index < -0.39 is 20.5 Å². The number of hydrogen-bond acceptors (Lipinski definition) is 4. The molecule has 18 heavy (non-hydrogen) atoms. The van der Waals surface area contributed by atoms with Crippen molar-refractivity contribution in [3.05, 3.63) is 29.8 Å². The monoisotopic (exact) mass is 270 g/mol. The molecule has 0 bridgehead atoms. The molecule has 0 atom stereocenters. The standard InChI is InChI=1S/C13H18O4S/c1-13(2,9-14)11-5-3-4-6-12(11)18(15,16)10-7-17-8-10/h3-6,10,14H,7-9H2,1-2H3. The van der Waals surface area contributed by atoms with Crippen molar-refractivity contribution in [2.45, 2.75) is 29.4 Å². The second-order valence-corrected chi connectivity index (χ2v) is 7.44. The van der Waals surface area contributed by atoms with E-state index in [1.807, 2.05) is 13.8 Å². The highest BCUT2D eigenvalue weighted by Crippen LogP contribution is 2.32. The molecule has 1 fully saturated rings. The molecule has 1 aliphatic heterocycles. The average molecular weight is 270 g/mol. The first-order valence-corrected chi connectivity index (χ1v) is 7.46. The summed E-state index contributed by atoms with van der Waals surface area (Å²) in [4.78, 5) is 0.317. The van der Waals surface area contributed by atoms with Gasteiger partial charge in [-0.1, -0.05) is 32.0 Å². The van der Waals surface area contributed by atoms with Crippen molar-refractivity contribution in [2.75, 3.05) is 19.8 Å². The van der Waals surface area contributed by atoms with Gasteiger partial charge >= 0.3 is 0 Å². The Labute approximate surface area is 108 Å². The van der Waals surface area contributed by atoms with Gasteiger partial charge in [-0.25, -0.2) is 8.42 Å². The number of sulfone groups is 1. The summed E-state index contributed by atoms with van der Waals surface area (Å²) >= 11 is 0. The van der Waals surface area contributed by atoms with Crippen molar-refractivity contribution in [2.24, 2.45) is 0 Å². The molecule has 0 unspecified atom stereocenters. The van der Waals surface area contributed by atoms with Gasteiger partial charge in [-0.15, -0.1) is 0 Å². The molecule has 1 aromatic carbocycles. The van der Waals surface area contributed by atoms with Crippen molar-refractivity contribution in [1.29, 1.82) is 0 Å². The summed E-state index contributed by atoms with van der Waals surface area (Å²) in [6, 6.07) is 6.88. The predicted octanol–water partition coefficient (Wildman–Crippen LogP) is 1.13. The molecular weight excluding hydrogens is 252 g/mol. The number of aliphatic hydroxyl groups is 1. The molecule has 2 rings (SSSR count). The van der Waals surface area contributed by atoms with Crippen molar-refractivity contribution in [1.82, 2.24) is 0 Å². The molecule has 4 nitrogen and oxygen atoms in total.